The molecule has 0 atom stereocenters. The highest BCUT2D eigenvalue weighted by Crippen LogP contribution is 2.12. The first-order chi connectivity index (χ1) is 8.59. The van der Waals surface area contributed by atoms with E-state index in [1.165, 1.54) is 0 Å². The first kappa shape index (κ1) is 14.5. The highest BCUT2D eigenvalue weighted by Gasteiger charge is 2.22. The summed E-state index contributed by atoms with van der Waals surface area (Å²) in [4.78, 5) is 11.5. The maximum Gasteiger partial charge on any atom is 0.258 e. The maximum atomic E-state index is 11.5. The summed E-state index contributed by atoms with van der Waals surface area (Å²) in [5, 5.41) is 12.7. The predicted molar refractivity (Wildman–Crippen MR) is 70.5 cm³/mol. The predicted octanol–water partition coefficient (Wildman–Crippen LogP) is 1.73. The van der Waals surface area contributed by atoms with Crippen LogP contribution in [0.5, 0.6) is 5.75 Å². The molecule has 0 radical (unpaired) electrons. The number of hydrogen-bond donors (Lipinski definition) is 2. The fourth-order valence-electron chi connectivity index (χ4n) is 1.48. The Hall–Kier alpha value is -1.55. The van der Waals surface area contributed by atoms with E-state index in [0.29, 0.717) is 18.6 Å². The van der Waals surface area contributed by atoms with Gasteiger partial charge in [0.25, 0.3) is 5.91 Å². The summed E-state index contributed by atoms with van der Waals surface area (Å²) >= 11 is 0. The molecule has 0 saturated carbocycles. The lowest BCUT2D eigenvalue weighted by Gasteiger charge is -2.25. The van der Waals surface area contributed by atoms with Crippen LogP contribution >= 0.6 is 0 Å². The van der Waals surface area contributed by atoms with Gasteiger partial charge in [0.05, 0.1) is 5.60 Å². The summed E-state index contributed by atoms with van der Waals surface area (Å²) in [5.41, 5.74) is -0.817. The average Bonchev–Trinajstić information content (AvgIpc) is 2.43. The van der Waals surface area contributed by atoms with Crippen molar-refractivity contribution in [1.29, 1.82) is 0 Å². The van der Waals surface area contributed by atoms with Crippen molar-refractivity contribution in [3.05, 3.63) is 30.3 Å². The van der Waals surface area contributed by atoms with Crippen LogP contribution in [0.1, 0.15) is 26.7 Å². The van der Waals surface area contributed by atoms with Crippen LogP contribution in [0.4, 0.5) is 0 Å². The normalized spacial score (nSPS) is 11.1. The summed E-state index contributed by atoms with van der Waals surface area (Å²) in [7, 11) is 0. The van der Waals surface area contributed by atoms with Crippen molar-refractivity contribution in [2.24, 2.45) is 0 Å². The van der Waals surface area contributed by atoms with Crippen molar-refractivity contribution in [2.75, 3.05) is 13.2 Å². The zero-order valence-corrected chi connectivity index (χ0v) is 11.0. The Bertz CT molecular complexity index is 361. The fourth-order valence-corrected chi connectivity index (χ4v) is 1.48. The van der Waals surface area contributed by atoms with Gasteiger partial charge in [-0.05, 0) is 25.0 Å². The molecule has 0 aliphatic rings. The molecule has 2 N–H and O–H groups in total. The van der Waals surface area contributed by atoms with Gasteiger partial charge in [-0.3, -0.25) is 4.79 Å². The van der Waals surface area contributed by atoms with Crippen molar-refractivity contribution < 1.29 is 14.6 Å². The topological polar surface area (TPSA) is 58.6 Å². The molecule has 0 heterocycles. The molecule has 0 spiro atoms. The van der Waals surface area contributed by atoms with E-state index in [-0.39, 0.29) is 19.1 Å². The van der Waals surface area contributed by atoms with Crippen LogP contribution in [-0.2, 0) is 4.79 Å². The minimum absolute atomic E-state index is 0.0342. The molecule has 1 rings (SSSR count). The average molecular weight is 251 g/mol. The third-order valence-corrected chi connectivity index (χ3v) is 3.04. The van der Waals surface area contributed by atoms with Gasteiger partial charge in [-0.1, -0.05) is 32.0 Å². The number of benzene rings is 1. The Morgan fingerprint density at radius 3 is 2.44 bits per heavy atom. The van der Waals surface area contributed by atoms with Crippen LogP contribution in [0.3, 0.4) is 0 Å². The molecule has 0 fully saturated rings. The van der Waals surface area contributed by atoms with Gasteiger partial charge in [-0.15, -0.1) is 0 Å². The molecule has 18 heavy (non-hydrogen) atoms. The van der Waals surface area contributed by atoms with Crippen LogP contribution in [0.2, 0.25) is 0 Å². The summed E-state index contributed by atoms with van der Waals surface area (Å²) < 4.78 is 5.31. The third kappa shape index (κ3) is 4.75. The lowest BCUT2D eigenvalue weighted by Crippen LogP contribution is -2.43. The molecule has 1 amide bonds. The number of ether oxygens (including phenoxy) is 1. The second-order valence-electron chi connectivity index (χ2n) is 4.31. The number of rotatable bonds is 7. The number of carbonyl (C=O) groups excluding carboxylic acids is 1. The molecule has 1 aromatic carbocycles. The Morgan fingerprint density at radius 2 is 1.89 bits per heavy atom. The minimum Gasteiger partial charge on any atom is -0.484 e. The number of nitrogens with one attached hydrogen (secondary N) is 1. The molecule has 4 heteroatoms. The van der Waals surface area contributed by atoms with E-state index in [1.54, 1.807) is 12.1 Å². The monoisotopic (exact) mass is 251 g/mol. The molecular formula is C14H21NO3. The van der Waals surface area contributed by atoms with Gasteiger partial charge in [0, 0.05) is 6.54 Å². The largest absolute Gasteiger partial charge is 0.484 e. The van der Waals surface area contributed by atoms with Crippen LogP contribution in [0.15, 0.2) is 30.3 Å². The van der Waals surface area contributed by atoms with Crippen molar-refractivity contribution in [3.8, 4) is 5.75 Å². The molecule has 4 nitrogen and oxygen atoms in total. The van der Waals surface area contributed by atoms with Gasteiger partial charge in [0.1, 0.15) is 5.75 Å². The van der Waals surface area contributed by atoms with Crippen LogP contribution in [-0.4, -0.2) is 29.8 Å². The lowest BCUT2D eigenvalue weighted by molar-refractivity contribution is -0.124. The highest BCUT2D eigenvalue weighted by atomic mass is 16.5. The number of para-hydroxylation sites is 1. The minimum atomic E-state index is -0.817. The Balaban J connectivity index is 2.30. The van der Waals surface area contributed by atoms with E-state index >= 15 is 0 Å². The van der Waals surface area contributed by atoms with Gasteiger partial charge in [0.15, 0.2) is 6.61 Å². The Morgan fingerprint density at radius 1 is 1.28 bits per heavy atom. The van der Waals surface area contributed by atoms with Gasteiger partial charge in [0.2, 0.25) is 0 Å². The molecule has 0 unspecified atom stereocenters. The molecule has 0 aliphatic heterocycles. The highest BCUT2D eigenvalue weighted by molar-refractivity contribution is 5.77. The quantitative estimate of drug-likeness (QED) is 0.776. The molecule has 0 saturated heterocycles. The van der Waals surface area contributed by atoms with Crippen LogP contribution < -0.4 is 10.1 Å². The molecule has 0 bridgehead atoms. The summed E-state index contributed by atoms with van der Waals surface area (Å²) in [6, 6.07) is 9.17. The van der Waals surface area contributed by atoms with E-state index in [4.69, 9.17) is 4.74 Å². The number of amides is 1. The smallest absolute Gasteiger partial charge is 0.258 e. The maximum absolute atomic E-state index is 11.5. The Labute approximate surface area is 108 Å². The van der Waals surface area contributed by atoms with E-state index in [9.17, 15) is 9.90 Å². The third-order valence-electron chi connectivity index (χ3n) is 3.04. The van der Waals surface area contributed by atoms with Crippen molar-refractivity contribution in [2.45, 2.75) is 32.3 Å². The summed E-state index contributed by atoms with van der Waals surface area (Å²) in [6.07, 6.45) is 1.23. The number of hydrogen-bond acceptors (Lipinski definition) is 3. The first-order valence-corrected chi connectivity index (χ1v) is 6.26. The fraction of sp³-hybridized carbons (Fsp3) is 0.500. The molecular weight excluding hydrogens is 230 g/mol. The first-order valence-electron chi connectivity index (χ1n) is 6.26. The van der Waals surface area contributed by atoms with Crippen LogP contribution in [0.25, 0.3) is 0 Å². The van der Waals surface area contributed by atoms with Gasteiger partial charge in [-0.2, -0.15) is 0 Å². The van der Waals surface area contributed by atoms with E-state index in [2.05, 4.69) is 5.32 Å². The SMILES string of the molecule is CCC(O)(CC)CNC(=O)COc1ccccc1. The summed E-state index contributed by atoms with van der Waals surface area (Å²) in [5.74, 6) is 0.438. The van der Waals surface area contributed by atoms with E-state index in [1.807, 2.05) is 32.0 Å². The second kappa shape index (κ2) is 7.01. The zero-order valence-electron chi connectivity index (χ0n) is 11.0. The molecule has 100 valence electrons. The number of carbonyl (C=O) groups is 1. The van der Waals surface area contributed by atoms with Gasteiger partial charge < -0.3 is 15.2 Å². The second-order valence-corrected chi connectivity index (χ2v) is 4.31. The summed E-state index contributed by atoms with van der Waals surface area (Å²) in [6.45, 7) is 4.02. The molecule has 0 aromatic heterocycles. The van der Waals surface area contributed by atoms with Crippen molar-refractivity contribution in [1.82, 2.24) is 5.32 Å². The zero-order chi connectivity index (χ0) is 13.4. The van der Waals surface area contributed by atoms with Crippen molar-refractivity contribution >= 4 is 5.91 Å². The van der Waals surface area contributed by atoms with Gasteiger partial charge >= 0.3 is 0 Å². The van der Waals surface area contributed by atoms with Gasteiger partial charge in [-0.25, -0.2) is 0 Å². The number of aliphatic hydroxyl groups is 1. The van der Waals surface area contributed by atoms with E-state index < -0.39 is 5.60 Å². The Kier molecular flexibility index (Phi) is 5.65. The lowest BCUT2D eigenvalue weighted by atomic mass is 9.98. The van der Waals surface area contributed by atoms with Crippen molar-refractivity contribution in [3.63, 3.8) is 0 Å². The van der Waals surface area contributed by atoms with Crippen LogP contribution in [0, 0.1) is 0 Å². The van der Waals surface area contributed by atoms with E-state index in [0.717, 1.165) is 0 Å². The molecule has 1 aromatic rings. The standard InChI is InChI=1S/C14H21NO3/c1-3-14(17,4-2)11-15-13(16)10-18-12-8-6-5-7-9-12/h5-9,17H,3-4,10-11H2,1-2H3,(H,15,16). The molecule has 0 aliphatic carbocycles.